The fraction of sp³-hybridized carbons (Fsp3) is 0.400. The van der Waals surface area contributed by atoms with E-state index in [4.69, 9.17) is 28.5 Å². The number of hydrogen-bond donors (Lipinski definition) is 1. The SMILES string of the molecule is CC1CC1(Cl)N(Cl)c1cccc(S(N)(=O)=O)c1. The first-order chi connectivity index (χ1) is 7.75. The van der Waals surface area contributed by atoms with E-state index in [1.165, 1.54) is 16.6 Å². The van der Waals surface area contributed by atoms with Crippen LogP contribution in [0.15, 0.2) is 29.2 Å². The molecule has 1 saturated carbocycles. The minimum absolute atomic E-state index is 0.0224. The van der Waals surface area contributed by atoms with Gasteiger partial charge in [-0.2, -0.15) is 0 Å². The van der Waals surface area contributed by atoms with Crippen molar-refractivity contribution in [2.75, 3.05) is 4.42 Å². The molecular formula is C10H12Cl2N2O2S. The van der Waals surface area contributed by atoms with E-state index in [1.807, 2.05) is 6.92 Å². The summed E-state index contributed by atoms with van der Waals surface area (Å²) in [7, 11) is -3.73. The summed E-state index contributed by atoms with van der Waals surface area (Å²) in [6, 6.07) is 6.10. The van der Waals surface area contributed by atoms with E-state index in [1.54, 1.807) is 12.1 Å². The molecule has 4 nitrogen and oxygen atoms in total. The molecule has 0 aromatic heterocycles. The lowest BCUT2D eigenvalue weighted by molar-refractivity contribution is 0.598. The Hall–Kier alpha value is -0.490. The Morgan fingerprint density at radius 3 is 2.59 bits per heavy atom. The average Bonchev–Trinajstić information content (AvgIpc) is 2.86. The third-order valence-corrected chi connectivity index (χ3v) is 5.08. The Labute approximate surface area is 110 Å². The number of hydrogen-bond acceptors (Lipinski definition) is 3. The Morgan fingerprint density at radius 1 is 1.53 bits per heavy atom. The number of anilines is 1. The fourth-order valence-electron chi connectivity index (χ4n) is 1.64. The molecule has 7 heteroatoms. The number of alkyl halides is 1. The molecule has 0 spiro atoms. The molecule has 0 aliphatic heterocycles. The van der Waals surface area contributed by atoms with Gasteiger partial charge in [0.2, 0.25) is 10.0 Å². The molecule has 2 N–H and O–H groups in total. The summed E-state index contributed by atoms with van der Waals surface area (Å²) in [5.41, 5.74) is 0.526. The summed E-state index contributed by atoms with van der Waals surface area (Å²) in [4.78, 5) is -0.604. The second-order valence-corrected chi connectivity index (χ2v) is 6.80. The molecule has 0 saturated heterocycles. The van der Waals surface area contributed by atoms with Gasteiger partial charge in [-0.15, -0.1) is 0 Å². The van der Waals surface area contributed by atoms with Gasteiger partial charge >= 0.3 is 0 Å². The van der Waals surface area contributed by atoms with E-state index in [2.05, 4.69) is 0 Å². The number of benzene rings is 1. The monoisotopic (exact) mass is 294 g/mol. The van der Waals surface area contributed by atoms with Crippen molar-refractivity contribution in [3.63, 3.8) is 0 Å². The van der Waals surface area contributed by atoms with E-state index < -0.39 is 15.0 Å². The number of nitrogens with zero attached hydrogens (tertiary/aromatic N) is 1. The van der Waals surface area contributed by atoms with Crippen LogP contribution < -0.4 is 9.56 Å². The maximum absolute atomic E-state index is 11.2. The normalized spacial score (nSPS) is 27.9. The minimum Gasteiger partial charge on any atom is -0.264 e. The van der Waals surface area contributed by atoms with E-state index in [0.717, 1.165) is 6.42 Å². The number of rotatable bonds is 3. The molecule has 1 aliphatic rings. The van der Waals surface area contributed by atoms with Crippen LogP contribution >= 0.6 is 23.4 Å². The standard InChI is InChI=1S/C10H12Cl2N2O2S/c1-7-6-10(7,11)14(12)8-3-2-4-9(5-8)17(13,15)16/h2-5,7H,6H2,1H3,(H2,13,15,16). The zero-order valence-corrected chi connectivity index (χ0v) is 11.4. The van der Waals surface area contributed by atoms with Crippen molar-refractivity contribution in [1.82, 2.24) is 0 Å². The molecular weight excluding hydrogens is 283 g/mol. The van der Waals surface area contributed by atoms with Gasteiger partial charge in [-0.3, -0.25) is 4.42 Å². The van der Waals surface area contributed by atoms with Crippen LogP contribution in [0.4, 0.5) is 5.69 Å². The Morgan fingerprint density at radius 2 is 2.12 bits per heavy atom. The third kappa shape index (κ3) is 2.38. The van der Waals surface area contributed by atoms with Crippen LogP contribution in [0.3, 0.4) is 0 Å². The van der Waals surface area contributed by atoms with Crippen LogP contribution in [0, 0.1) is 5.92 Å². The maximum atomic E-state index is 11.2. The van der Waals surface area contributed by atoms with Crippen molar-refractivity contribution in [3.8, 4) is 0 Å². The lowest BCUT2D eigenvalue weighted by Crippen LogP contribution is -2.25. The molecule has 1 aromatic rings. The van der Waals surface area contributed by atoms with Crippen molar-refractivity contribution in [2.24, 2.45) is 11.1 Å². The van der Waals surface area contributed by atoms with Gasteiger partial charge in [0.1, 0.15) is 5.00 Å². The lowest BCUT2D eigenvalue weighted by Gasteiger charge is -2.22. The summed E-state index contributed by atoms with van der Waals surface area (Å²) >= 11 is 12.4. The van der Waals surface area contributed by atoms with Crippen molar-refractivity contribution in [3.05, 3.63) is 24.3 Å². The van der Waals surface area contributed by atoms with E-state index in [9.17, 15) is 8.42 Å². The maximum Gasteiger partial charge on any atom is 0.238 e. The van der Waals surface area contributed by atoms with Crippen LogP contribution in [0.1, 0.15) is 13.3 Å². The molecule has 2 unspecified atom stereocenters. The van der Waals surface area contributed by atoms with Crippen molar-refractivity contribution >= 4 is 39.1 Å². The Kier molecular flexibility index (Phi) is 3.06. The van der Waals surface area contributed by atoms with Crippen LogP contribution in [0.25, 0.3) is 0 Å². The highest BCUT2D eigenvalue weighted by Gasteiger charge is 2.54. The summed E-state index contributed by atoms with van der Waals surface area (Å²) in [6.45, 7) is 1.98. The molecule has 0 radical (unpaired) electrons. The predicted molar refractivity (Wildman–Crippen MR) is 68.5 cm³/mol. The fourth-order valence-corrected chi connectivity index (χ4v) is 2.86. The molecule has 1 aliphatic carbocycles. The summed E-state index contributed by atoms with van der Waals surface area (Å²) < 4.78 is 23.8. The number of nitrogens with two attached hydrogens (primary N) is 1. The number of sulfonamides is 1. The minimum atomic E-state index is -3.73. The van der Waals surface area contributed by atoms with E-state index in [-0.39, 0.29) is 10.8 Å². The van der Waals surface area contributed by atoms with Gasteiger partial charge in [-0.05, 0) is 30.5 Å². The highest BCUT2D eigenvalue weighted by atomic mass is 35.5. The van der Waals surface area contributed by atoms with Gasteiger partial charge in [-0.1, -0.05) is 24.6 Å². The molecule has 2 atom stereocenters. The average molecular weight is 295 g/mol. The Bertz CT molecular complexity index is 549. The first-order valence-electron chi connectivity index (χ1n) is 5.03. The topological polar surface area (TPSA) is 63.4 Å². The smallest absolute Gasteiger partial charge is 0.238 e. The van der Waals surface area contributed by atoms with Gasteiger partial charge in [0, 0.05) is 11.8 Å². The van der Waals surface area contributed by atoms with Crippen LogP contribution in [0.2, 0.25) is 0 Å². The second kappa shape index (κ2) is 4.02. The quantitative estimate of drug-likeness (QED) is 0.528. The highest BCUT2D eigenvalue weighted by molar-refractivity contribution is 7.89. The van der Waals surface area contributed by atoms with Gasteiger partial charge in [0.05, 0.1) is 10.6 Å². The van der Waals surface area contributed by atoms with Crippen molar-refractivity contribution in [1.29, 1.82) is 0 Å². The molecule has 94 valence electrons. The molecule has 1 fully saturated rings. The highest BCUT2D eigenvalue weighted by Crippen LogP contribution is 2.54. The molecule has 2 rings (SSSR count). The van der Waals surface area contributed by atoms with Gasteiger partial charge in [0.25, 0.3) is 0 Å². The molecule has 0 amide bonds. The van der Waals surface area contributed by atoms with Gasteiger partial charge in [0.15, 0.2) is 0 Å². The lowest BCUT2D eigenvalue weighted by atomic mass is 10.3. The van der Waals surface area contributed by atoms with Crippen LogP contribution in [-0.2, 0) is 10.0 Å². The number of primary sulfonamides is 1. The first kappa shape index (κ1) is 13.0. The number of halogens is 2. The van der Waals surface area contributed by atoms with E-state index in [0.29, 0.717) is 5.69 Å². The third-order valence-electron chi connectivity index (χ3n) is 2.89. The van der Waals surface area contributed by atoms with Gasteiger partial charge in [-0.25, -0.2) is 13.6 Å². The molecule has 17 heavy (non-hydrogen) atoms. The van der Waals surface area contributed by atoms with Gasteiger partial charge < -0.3 is 0 Å². The molecule has 0 bridgehead atoms. The molecule has 1 aromatic carbocycles. The first-order valence-corrected chi connectivity index (χ1v) is 7.29. The summed E-state index contributed by atoms with van der Waals surface area (Å²) in [5.74, 6) is 0.264. The van der Waals surface area contributed by atoms with Crippen LogP contribution in [-0.4, -0.2) is 13.4 Å². The Balaban J connectivity index is 2.35. The van der Waals surface area contributed by atoms with E-state index >= 15 is 0 Å². The largest absolute Gasteiger partial charge is 0.264 e. The summed E-state index contributed by atoms with van der Waals surface area (Å²) in [5, 5.41) is 5.06. The second-order valence-electron chi connectivity index (χ2n) is 4.25. The van der Waals surface area contributed by atoms with Crippen molar-refractivity contribution in [2.45, 2.75) is 23.2 Å². The van der Waals surface area contributed by atoms with Crippen molar-refractivity contribution < 1.29 is 8.42 Å². The summed E-state index contributed by atoms with van der Waals surface area (Å²) in [6.07, 6.45) is 0.762. The van der Waals surface area contributed by atoms with Crippen LogP contribution in [0.5, 0.6) is 0 Å². The predicted octanol–water partition coefficient (Wildman–Crippen LogP) is 2.27. The zero-order chi connectivity index (χ0) is 12.8. The molecule has 0 heterocycles. The zero-order valence-electron chi connectivity index (χ0n) is 9.10.